The summed E-state index contributed by atoms with van der Waals surface area (Å²) in [5, 5.41) is 0. The molecule has 0 radical (unpaired) electrons. The predicted molar refractivity (Wildman–Crippen MR) is 91.5 cm³/mol. The van der Waals surface area contributed by atoms with Gasteiger partial charge in [0.2, 0.25) is 0 Å². The first-order valence-corrected chi connectivity index (χ1v) is 7.59. The molecule has 0 aromatic heterocycles. The lowest BCUT2D eigenvalue weighted by molar-refractivity contribution is -0.132. The molecule has 0 aliphatic rings. The van der Waals surface area contributed by atoms with E-state index < -0.39 is 0 Å². The number of ether oxygens (including phenoxy) is 2. The number of hydrogen-bond acceptors (Lipinski definition) is 4. The van der Waals surface area contributed by atoms with Crippen LogP contribution in [0.1, 0.15) is 21.5 Å². The molecule has 0 heterocycles. The molecule has 1 amide bonds. The number of likely N-dealkylation sites (N-methyl/N-ethyl adjacent to an activating group) is 1. The van der Waals surface area contributed by atoms with E-state index in [1.165, 1.54) is 7.11 Å². The molecule has 24 heavy (non-hydrogen) atoms. The fraction of sp³-hybridized carbons (Fsp3) is 0.263. The molecule has 0 fully saturated rings. The van der Waals surface area contributed by atoms with Gasteiger partial charge in [-0.2, -0.15) is 0 Å². The zero-order valence-electron chi connectivity index (χ0n) is 14.1. The maximum Gasteiger partial charge on any atom is 0.260 e. The molecule has 5 nitrogen and oxygen atoms in total. The number of amides is 1. The Bertz CT molecular complexity index is 727. The molecule has 5 heteroatoms. The zero-order valence-corrected chi connectivity index (χ0v) is 14.1. The number of hydrogen-bond donors (Lipinski definition) is 0. The maximum absolute atomic E-state index is 12.3. The number of benzene rings is 2. The Morgan fingerprint density at radius 3 is 2.58 bits per heavy atom. The highest BCUT2D eigenvalue weighted by atomic mass is 16.5. The zero-order chi connectivity index (χ0) is 17.5. The second-order valence-corrected chi connectivity index (χ2v) is 5.49. The van der Waals surface area contributed by atoms with Gasteiger partial charge in [0.25, 0.3) is 5.91 Å². The molecule has 2 rings (SSSR count). The van der Waals surface area contributed by atoms with Crippen LogP contribution in [-0.2, 0) is 11.3 Å². The van der Waals surface area contributed by atoms with Gasteiger partial charge in [-0.25, -0.2) is 0 Å². The Balaban J connectivity index is 2.00. The normalized spacial score (nSPS) is 10.1. The lowest BCUT2D eigenvalue weighted by Crippen LogP contribution is -2.31. The molecule has 0 spiro atoms. The van der Waals surface area contributed by atoms with E-state index in [0.717, 1.165) is 17.4 Å². The van der Waals surface area contributed by atoms with E-state index in [0.29, 0.717) is 23.6 Å². The summed E-state index contributed by atoms with van der Waals surface area (Å²) in [7, 11) is 3.24. The Hall–Kier alpha value is -2.82. The Kier molecular flexibility index (Phi) is 5.95. The average molecular weight is 327 g/mol. The van der Waals surface area contributed by atoms with Crippen LogP contribution < -0.4 is 9.47 Å². The number of carbonyl (C=O) groups is 2. The van der Waals surface area contributed by atoms with Crippen molar-refractivity contribution in [3.8, 4) is 11.5 Å². The highest BCUT2D eigenvalue weighted by molar-refractivity contribution is 5.78. The monoisotopic (exact) mass is 327 g/mol. The summed E-state index contributed by atoms with van der Waals surface area (Å²) in [6.45, 7) is 2.40. The van der Waals surface area contributed by atoms with Gasteiger partial charge >= 0.3 is 0 Å². The molecular weight excluding hydrogens is 306 g/mol. The van der Waals surface area contributed by atoms with E-state index in [4.69, 9.17) is 9.47 Å². The fourth-order valence-corrected chi connectivity index (χ4v) is 2.26. The first kappa shape index (κ1) is 17.5. The molecule has 0 aliphatic heterocycles. The Morgan fingerprint density at radius 2 is 1.92 bits per heavy atom. The minimum Gasteiger partial charge on any atom is -0.493 e. The van der Waals surface area contributed by atoms with Crippen LogP contribution in [0.4, 0.5) is 0 Å². The molecule has 0 saturated carbocycles. The van der Waals surface area contributed by atoms with Gasteiger partial charge in [-0.1, -0.05) is 24.3 Å². The summed E-state index contributed by atoms with van der Waals surface area (Å²) in [6, 6.07) is 12.8. The average Bonchev–Trinajstić information content (AvgIpc) is 2.61. The van der Waals surface area contributed by atoms with Crippen LogP contribution in [0.2, 0.25) is 0 Å². The van der Waals surface area contributed by atoms with Gasteiger partial charge in [0.1, 0.15) is 6.29 Å². The number of aldehydes is 1. The predicted octanol–water partition coefficient (Wildman–Crippen LogP) is 2.85. The van der Waals surface area contributed by atoms with Gasteiger partial charge in [0.05, 0.1) is 7.11 Å². The van der Waals surface area contributed by atoms with Crippen molar-refractivity contribution in [2.24, 2.45) is 0 Å². The molecule has 2 aromatic carbocycles. The molecule has 2 aromatic rings. The molecular formula is C19H21NO4. The van der Waals surface area contributed by atoms with Crippen LogP contribution >= 0.6 is 0 Å². The molecule has 0 aliphatic carbocycles. The van der Waals surface area contributed by atoms with Crippen molar-refractivity contribution in [2.45, 2.75) is 13.5 Å². The summed E-state index contributed by atoms with van der Waals surface area (Å²) >= 11 is 0. The maximum atomic E-state index is 12.3. The first-order chi connectivity index (χ1) is 11.5. The van der Waals surface area contributed by atoms with Crippen molar-refractivity contribution in [1.82, 2.24) is 4.90 Å². The lowest BCUT2D eigenvalue weighted by Gasteiger charge is -2.19. The molecule has 0 N–H and O–H groups in total. The van der Waals surface area contributed by atoms with Crippen LogP contribution in [0.25, 0.3) is 0 Å². The van der Waals surface area contributed by atoms with Gasteiger partial charge in [-0.05, 0) is 36.2 Å². The lowest BCUT2D eigenvalue weighted by atomic mass is 10.1. The third kappa shape index (κ3) is 4.35. The number of carbonyl (C=O) groups excluding carboxylic acids is 2. The minimum atomic E-state index is -0.156. The van der Waals surface area contributed by atoms with Crippen LogP contribution in [0.5, 0.6) is 11.5 Å². The topological polar surface area (TPSA) is 55.8 Å². The van der Waals surface area contributed by atoms with Crippen LogP contribution in [0.3, 0.4) is 0 Å². The van der Waals surface area contributed by atoms with Crippen LogP contribution in [-0.4, -0.2) is 37.9 Å². The summed E-state index contributed by atoms with van der Waals surface area (Å²) in [4.78, 5) is 24.8. The number of rotatable bonds is 7. The van der Waals surface area contributed by atoms with Crippen molar-refractivity contribution in [1.29, 1.82) is 0 Å². The van der Waals surface area contributed by atoms with Crippen molar-refractivity contribution < 1.29 is 19.1 Å². The van der Waals surface area contributed by atoms with Crippen LogP contribution in [0.15, 0.2) is 42.5 Å². The molecule has 126 valence electrons. The summed E-state index contributed by atoms with van der Waals surface area (Å²) in [5.41, 5.74) is 2.69. The molecule has 0 saturated heterocycles. The van der Waals surface area contributed by atoms with Gasteiger partial charge in [-0.3, -0.25) is 9.59 Å². The quantitative estimate of drug-likeness (QED) is 0.734. The summed E-state index contributed by atoms with van der Waals surface area (Å²) in [6.07, 6.45) is 0.721. The summed E-state index contributed by atoms with van der Waals surface area (Å²) < 4.78 is 10.7. The van der Waals surface area contributed by atoms with Crippen LogP contribution in [0, 0.1) is 6.92 Å². The second-order valence-electron chi connectivity index (χ2n) is 5.49. The number of methoxy groups -OCH3 is 1. The van der Waals surface area contributed by atoms with Gasteiger partial charge in [0.15, 0.2) is 18.1 Å². The smallest absolute Gasteiger partial charge is 0.260 e. The highest BCUT2D eigenvalue weighted by Gasteiger charge is 2.13. The fourth-order valence-electron chi connectivity index (χ4n) is 2.26. The van der Waals surface area contributed by atoms with Crippen molar-refractivity contribution in [3.05, 3.63) is 59.2 Å². The van der Waals surface area contributed by atoms with E-state index in [2.05, 4.69) is 0 Å². The van der Waals surface area contributed by atoms with E-state index in [1.54, 1.807) is 30.1 Å². The minimum absolute atomic E-state index is 0.124. The largest absolute Gasteiger partial charge is 0.493 e. The van der Waals surface area contributed by atoms with E-state index >= 15 is 0 Å². The standard InChI is InChI=1S/C19H21NO4/c1-14-6-4-5-7-16(14)11-20(2)19(22)13-24-18-10-15(12-21)8-9-17(18)23-3/h4-10,12H,11,13H2,1-3H3. The van der Waals surface area contributed by atoms with Crippen molar-refractivity contribution in [3.63, 3.8) is 0 Å². The third-order valence-corrected chi connectivity index (χ3v) is 3.77. The number of nitrogens with zero attached hydrogens (tertiary/aromatic N) is 1. The van der Waals surface area contributed by atoms with E-state index in [-0.39, 0.29) is 12.5 Å². The van der Waals surface area contributed by atoms with Gasteiger partial charge in [0, 0.05) is 19.2 Å². The van der Waals surface area contributed by atoms with E-state index in [9.17, 15) is 9.59 Å². The number of aryl methyl sites for hydroxylation is 1. The molecule has 0 unspecified atom stereocenters. The molecule has 0 bridgehead atoms. The first-order valence-electron chi connectivity index (χ1n) is 7.59. The third-order valence-electron chi connectivity index (χ3n) is 3.77. The second kappa shape index (κ2) is 8.15. The Morgan fingerprint density at radius 1 is 1.17 bits per heavy atom. The Labute approximate surface area is 141 Å². The highest BCUT2D eigenvalue weighted by Crippen LogP contribution is 2.27. The van der Waals surface area contributed by atoms with E-state index in [1.807, 2.05) is 31.2 Å². The molecule has 0 atom stereocenters. The van der Waals surface area contributed by atoms with Crippen molar-refractivity contribution in [2.75, 3.05) is 20.8 Å². The SMILES string of the molecule is COc1ccc(C=O)cc1OCC(=O)N(C)Cc1ccccc1C. The van der Waals surface area contributed by atoms with Gasteiger partial charge in [-0.15, -0.1) is 0 Å². The summed E-state index contributed by atoms with van der Waals surface area (Å²) in [5.74, 6) is 0.700. The van der Waals surface area contributed by atoms with Gasteiger partial charge < -0.3 is 14.4 Å². The van der Waals surface area contributed by atoms with Crippen molar-refractivity contribution >= 4 is 12.2 Å².